The van der Waals surface area contributed by atoms with Gasteiger partial charge in [-0.2, -0.15) is 0 Å². The van der Waals surface area contributed by atoms with Crippen molar-refractivity contribution in [2.75, 3.05) is 0 Å². The van der Waals surface area contributed by atoms with Gasteiger partial charge in [0.2, 0.25) is 0 Å². The van der Waals surface area contributed by atoms with Gasteiger partial charge in [-0.15, -0.1) is 0 Å². The second-order valence-corrected chi connectivity index (χ2v) is 6.01. The number of benzene rings is 2. The topological polar surface area (TPSA) is 17.1 Å². The monoisotopic (exact) mass is 264 g/mol. The summed E-state index contributed by atoms with van der Waals surface area (Å²) < 4.78 is 0. The number of hydrogen-bond acceptors (Lipinski definition) is 1. The number of carbonyl (C=O) groups is 1. The number of ketones is 1. The molecule has 1 fully saturated rings. The number of rotatable bonds is 3. The Morgan fingerprint density at radius 2 is 1.55 bits per heavy atom. The highest BCUT2D eigenvalue weighted by Gasteiger charge is 2.45. The predicted octanol–water partition coefficient (Wildman–Crippen LogP) is 4.61. The lowest BCUT2D eigenvalue weighted by Gasteiger charge is -2.41. The number of Topliss-reactive ketones (excluding diaryl/α,β-unsaturated/α-hetero) is 1. The molecule has 102 valence electrons. The molecule has 0 heterocycles. The number of carbonyl (C=O) groups excluding carboxylic acids is 1. The Hall–Kier alpha value is -1.89. The molecule has 0 N–H and O–H groups in total. The van der Waals surface area contributed by atoms with Gasteiger partial charge in [-0.3, -0.25) is 4.79 Å². The summed E-state index contributed by atoms with van der Waals surface area (Å²) >= 11 is 0. The lowest BCUT2D eigenvalue weighted by atomic mass is 9.60. The van der Waals surface area contributed by atoms with E-state index in [-0.39, 0.29) is 5.41 Å². The van der Waals surface area contributed by atoms with Crippen LogP contribution >= 0.6 is 0 Å². The molecule has 20 heavy (non-hydrogen) atoms. The second-order valence-electron chi connectivity index (χ2n) is 6.01. The molecule has 1 heteroatoms. The Morgan fingerprint density at radius 3 is 2.05 bits per heavy atom. The van der Waals surface area contributed by atoms with Crippen LogP contribution in [0.25, 0.3) is 0 Å². The van der Waals surface area contributed by atoms with Crippen molar-refractivity contribution < 1.29 is 4.79 Å². The van der Waals surface area contributed by atoms with E-state index < -0.39 is 0 Å². The van der Waals surface area contributed by atoms with Crippen LogP contribution in [0, 0.1) is 13.8 Å². The van der Waals surface area contributed by atoms with Gasteiger partial charge >= 0.3 is 0 Å². The molecule has 0 radical (unpaired) electrons. The van der Waals surface area contributed by atoms with E-state index in [1.54, 1.807) is 0 Å². The Morgan fingerprint density at radius 1 is 0.950 bits per heavy atom. The van der Waals surface area contributed by atoms with E-state index in [0.29, 0.717) is 5.78 Å². The molecule has 0 amide bonds. The minimum absolute atomic E-state index is 0.276. The van der Waals surface area contributed by atoms with Gasteiger partial charge in [-0.05, 0) is 44.4 Å². The van der Waals surface area contributed by atoms with Crippen molar-refractivity contribution in [3.63, 3.8) is 0 Å². The highest BCUT2D eigenvalue weighted by Crippen LogP contribution is 2.46. The molecule has 0 bridgehead atoms. The highest BCUT2D eigenvalue weighted by molar-refractivity contribution is 6.05. The van der Waals surface area contributed by atoms with Crippen molar-refractivity contribution in [1.82, 2.24) is 0 Å². The van der Waals surface area contributed by atoms with Gasteiger partial charge in [-0.1, -0.05) is 53.9 Å². The summed E-state index contributed by atoms with van der Waals surface area (Å²) in [6.45, 7) is 4.11. The first-order chi connectivity index (χ1) is 9.62. The van der Waals surface area contributed by atoms with Gasteiger partial charge in [-0.25, -0.2) is 0 Å². The summed E-state index contributed by atoms with van der Waals surface area (Å²) in [5.74, 6) is 0.293. The SMILES string of the molecule is Cc1cc(C)cc(C(=O)C2(c3ccccc3)CCC2)c1. The smallest absolute Gasteiger partial charge is 0.173 e. The van der Waals surface area contributed by atoms with Crippen molar-refractivity contribution in [2.45, 2.75) is 38.5 Å². The highest BCUT2D eigenvalue weighted by atomic mass is 16.1. The zero-order valence-electron chi connectivity index (χ0n) is 12.1. The predicted molar refractivity (Wildman–Crippen MR) is 82.2 cm³/mol. The lowest BCUT2D eigenvalue weighted by Crippen LogP contribution is -2.42. The van der Waals surface area contributed by atoms with Gasteiger partial charge in [0.15, 0.2) is 5.78 Å². The number of aryl methyl sites for hydroxylation is 2. The van der Waals surface area contributed by atoms with Crippen molar-refractivity contribution in [3.8, 4) is 0 Å². The van der Waals surface area contributed by atoms with E-state index in [2.05, 4.69) is 32.0 Å². The van der Waals surface area contributed by atoms with Crippen LogP contribution in [0.15, 0.2) is 48.5 Å². The molecule has 1 saturated carbocycles. The van der Waals surface area contributed by atoms with Crippen LogP contribution < -0.4 is 0 Å². The summed E-state index contributed by atoms with van der Waals surface area (Å²) in [7, 11) is 0. The van der Waals surface area contributed by atoms with Gasteiger partial charge in [0.1, 0.15) is 0 Å². The normalized spacial score (nSPS) is 16.5. The average molecular weight is 264 g/mol. The maximum atomic E-state index is 13.1. The summed E-state index contributed by atoms with van der Waals surface area (Å²) in [6, 6.07) is 16.4. The van der Waals surface area contributed by atoms with E-state index >= 15 is 0 Å². The fourth-order valence-corrected chi connectivity index (χ4v) is 3.32. The Labute approximate surface area is 120 Å². The van der Waals surface area contributed by atoms with Crippen molar-refractivity contribution in [1.29, 1.82) is 0 Å². The minimum Gasteiger partial charge on any atom is -0.293 e. The van der Waals surface area contributed by atoms with Crippen LogP contribution in [0.3, 0.4) is 0 Å². The first-order valence-corrected chi connectivity index (χ1v) is 7.30. The third-order valence-electron chi connectivity index (χ3n) is 4.45. The third kappa shape index (κ3) is 2.07. The molecule has 1 aliphatic rings. The van der Waals surface area contributed by atoms with Crippen LogP contribution in [-0.4, -0.2) is 5.78 Å². The maximum Gasteiger partial charge on any atom is 0.173 e. The summed E-state index contributed by atoms with van der Waals surface area (Å²) in [5, 5.41) is 0. The molecule has 2 aromatic carbocycles. The molecule has 1 aliphatic carbocycles. The van der Waals surface area contributed by atoms with Crippen LogP contribution in [0.5, 0.6) is 0 Å². The molecular formula is C19H20O. The minimum atomic E-state index is -0.276. The van der Waals surface area contributed by atoms with Gasteiger partial charge < -0.3 is 0 Å². The largest absolute Gasteiger partial charge is 0.293 e. The fourth-order valence-electron chi connectivity index (χ4n) is 3.32. The van der Waals surface area contributed by atoms with Crippen molar-refractivity contribution >= 4 is 5.78 Å². The van der Waals surface area contributed by atoms with Gasteiger partial charge in [0, 0.05) is 5.56 Å². The van der Waals surface area contributed by atoms with Crippen LogP contribution in [0.1, 0.15) is 46.3 Å². The molecule has 0 spiro atoms. The lowest BCUT2D eigenvalue weighted by molar-refractivity contribution is 0.0788. The van der Waals surface area contributed by atoms with Crippen molar-refractivity contribution in [3.05, 3.63) is 70.8 Å². The molecule has 0 aromatic heterocycles. The summed E-state index contributed by atoms with van der Waals surface area (Å²) in [5.41, 5.74) is 4.09. The Kier molecular flexibility index (Phi) is 3.21. The Balaban J connectivity index is 2.03. The molecule has 0 saturated heterocycles. The van der Waals surface area contributed by atoms with Crippen LogP contribution in [0.2, 0.25) is 0 Å². The molecule has 0 aliphatic heterocycles. The quantitative estimate of drug-likeness (QED) is 0.740. The third-order valence-corrected chi connectivity index (χ3v) is 4.45. The fraction of sp³-hybridized carbons (Fsp3) is 0.316. The first-order valence-electron chi connectivity index (χ1n) is 7.30. The van der Waals surface area contributed by atoms with Crippen LogP contribution in [-0.2, 0) is 5.41 Å². The zero-order valence-corrected chi connectivity index (χ0v) is 12.1. The molecule has 2 aromatic rings. The first kappa shape index (κ1) is 13.1. The van der Waals surface area contributed by atoms with E-state index in [0.717, 1.165) is 36.0 Å². The summed E-state index contributed by atoms with van der Waals surface area (Å²) in [4.78, 5) is 13.1. The van der Waals surface area contributed by atoms with Crippen LogP contribution in [0.4, 0.5) is 0 Å². The molecular weight excluding hydrogens is 244 g/mol. The molecule has 0 atom stereocenters. The number of hydrogen-bond donors (Lipinski definition) is 0. The van der Waals surface area contributed by atoms with E-state index in [4.69, 9.17) is 0 Å². The second kappa shape index (κ2) is 4.90. The molecule has 1 nitrogen and oxygen atoms in total. The standard InChI is InChI=1S/C19H20O/c1-14-11-15(2)13-16(12-14)18(20)19(9-6-10-19)17-7-4-3-5-8-17/h3-5,7-8,11-13H,6,9-10H2,1-2H3. The van der Waals surface area contributed by atoms with Crippen molar-refractivity contribution in [2.24, 2.45) is 0 Å². The maximum absolute atomic E-state index is 13.1. The summed E-state index contributed by atoms with van der Waals surface area (Å²) in [6.07, 6.45) is 3.09. The van der Waals surface area contributed by atoms with Gasteiger partial charge in [0.05, 0.1) is 5.41 Å². The molecule has 3 rings (SSSR count). The van der Waals surface area contributed by atoms with E-state index in [1.807, 2.05) is 30.3 Å². The molecule has 0 unspecified atom stereocenters. The Bertz CT molecular complexity index is 616. The van der Waals surface area contributed by atoms with Gasteiger partial charge in [0.25, 0.3) is 0 Å². The zero-order chi connectivity index (χ0) is 14.2. The van der Waals surface area contributed by atoms with E-state index in [9.17, 15) is 4.79 Å². The van der Waals surface area contributed by atoms with E-state index in [1.165, 1.54) is 5.56 Å². The average Bonchev–Trinajstić information content (AvgIpc) is 2.37.